The molecule has 0 radical (unpaired) electrons. The molecule has 0 fully saturated rings. The first-order valence-electron chi connectivity index (χ1n) is 9.67. The highest BCUT2D eigenvalue weighted by Gasteiger charge is 2.19. The number of nitrogens with one attached hydrogen (secondary N) is 2. The van der Waals surface area contributed by atoms with E-state index in [1.165, 1.54) is 16.8 Å². The number of nitrogens with zero attached hydrogens (tertiary/aromatic N) is 2. The Balaban J connectivity index is 1.57. The molecule has 9 heteroatoms. The Hall–Kier alpha value is -3.85. The number of hydrogen-bond acceptors (Lipinski definition) is 4. The van der Waals surface area contributed by atoms with E-state index in [9.17, 15) is 14.4 Å². The van der Waals surface area contributed by atoms with Crippen molar-refractivity contribution in [1.82, 2.24) is 9.36 Å². The summed E-state index contributed by atoms with van der Waals surface area (Å²) in [6.07, 6.45) is 0. The van der Waals surface area contributed by atoms with Crippen molar-refractivity contribution in [1.29, 1.82) is 0 Å². The molecule has 0 aliphatic carbocycles. The minimum atomic E-state index is -0.465. The summed E-state index contributed by atoms with van der Waals surface area (Å²) in [6, 6.07) is 18.7. The quantitative estimate of drug-likeness (QED) is 0.430. The first-order valence-corrected chi connectivity index (χ1v) is 10.5. The van der Waals surface area contributed by atoms with Crippen LogP contribution in [0, 0.1) is 6.92 Å². The number of furan rings is 1. The third-order valence-electron chi connectivity index (χ3n) is 4.97. The third kappa shape index (κ3) is 4.15. The maximum atomic E-state index is 13.0. The Morgan fingerprint density at radius 1 is 0.938 bits per heavy atom. The van der Waals surface area contributed by atoms with E-state index in [0.29, 0.717) is 21.7 Å². The molecule has 0 saturated carbocycles. The van der Waals surface area contributed by atoms with Gasteiger partial charge in [0.2, 0.25) is 0 Å². The van der Waals surface area contributed by atoms with Crippen LogP contribution >= 0.6 is 15.9 Å². The first kappa shape index (κ1) is 21.4. The molecule has 0 saturated heterocycles. The van der Waals surface area contributed by atoms with Crippen LogP contribution in [0.3, 0.4) is 0 Å². The molecule has 2 aromatic heterocycles. The lowest BCUT2D eigenvalue weighted by molar-refractivity contribution is 0.0992. The number of hydrogen-bond donors (Lipinski definition) is 2. The lowest BCUT2D eigenvalue weighted by atomic mass is 10.2. The van der Waals surface area contributed by atoms with Gasteiger partial charge in [-0.3, -0.25) is 19.1 Å². The van der Waals surface area contributed by atoms with E-state index in [4.69, 9.17) is 4.42 Å². The lowest BCUT2D eigenvalue weighted by Crippen LogP contribution is -2.23. The second kappa shape index (κ2) is 8.72. The Labute approximate surface area is 191 Å². The standard InChI is InChI=1S/C23H19BrN4O4/c1-14-20(23(31)28(27(14)2)17-9-4-3-5-10-17)26-21(29)15-7-6-8-16(13-15)25-22(30)18-11-12-19(24)32-18/h3-13H,1-2H3,(H,25,30)(H,26,29). The monoisotopic (exact) mass is 494 g/mol. The van der Waals surface area contributed by atoms with E-state index in [2.05, 4.69) is 26.6 Å². The summed E-state index contributed by atoms with van der Waals surface area (Å²) >= 11 is 3.15. The minimum Gasteiger partial charge on any atom is -0.444 e. The zero-order chi connectivity index (χ0) is 22.8. The van der Waals surface area contributed by atoms with Crippen molar-refractivity contribution in [3.8, 4) is 5.69 Å². The molecule has 2 amide bonds. The van der Waals surface area contributed by atoms with Gasteiger partial charge in [0, 0.05) is 18.3 Å². The molecule has 4 rings (SSSR count). The van der Waals surface area contributed by atoms with E-state index in [1.807, 2.05) is 30.3 Å². The fourth-order valence-electron chi connectivity index (χ4n) is 3.27. The fraction of sp³-hybridized carbons (Fsp3) is 0.0870. The molecule has 0 aliphatic heterocycles. The van der Waals surface area contributed by atoms with Gasteiger partial charge in [-0.25, -0.2) is 4.68 Å². The normalized spacial score (nSPS) is 10.7. The van der Waals surface area contributed by atoms with Crippen LogP contribution in [0.15, 0.2) is 80.6 Å². The van der Waals surface area contributed by atoms with Gasteiger partial charge < -0.3 is 15.1 Å². The fourth-order valence-corrected chi connectivity index (χ4v) is 3.57. The van der Waals surface area contributed by atoms with Crippen molar-refractivity contribution in [2.24, 2.45) is 7.05 Å². The molecule has 0 bridgehead atoms. The summed E-state index contributed by atoms with van der Waals surface area (Å²) in [5, 5.41) is 5.40. The average Bonchev–Trinajstić information content (AvgIpc) is 3.31. The van der Waals surface area contributed by atoms with Crippen molar-refractivity contribution in [2.75, 3.05) is 10.6 Å². The molecular formula is C23H19BrN4O4. The summed E-state index contributed by atoms with van der Waals surface area (Å²) in [7, 11) is 1.75. The molecule has 32 heavy (non-hydrogen) atoms. The summed E-state index contributed by atoms with van der Waals surface area (Å²) in [4.78, 5) is 38.2. The van der Waals surface area contributed by atoms with Gasteiger partial charge >= 0.3 is 0 Å². The van der Waals surface area contributed by atoms with Crippen molar-refractivity contribution in [3.05, 3.63) is 98.8 Å². The molecule has 0 atom stereocenters. The van der Waals surface area contributed by atoms with Crippen LogP contribution in [-0.4, -0.2) is 21.2 Å². The van der Waals surface area contributed by atoms with Gasteiger partial charge in [0.05, 0.1) is 11.4 Å². The maximum Gasteiger partial charge on any atom is 0.295 e. The van der Waals surface area contributed by atoms with Crippen molar-refractivity contribution in [2.45, 2.75) is 6.92 Å². The van der Waals surface area contributed by atoms with Crippen molar-refractivity contribution >= 4 is 39.1 Å². The number of rotatable bonds is 5. The van der Waals surface area contributed by atoms with Crippen LogP contribution < -0.4 is 16.2 Å². The maximum absolute atomic E-state index is 13.0. The second-order valence-corrected chi connectivity index (χ2v) is 7.81. The highest BCUT2D eigenvalue weighted by molar-refractivity contribution is 9.10. The van der Waals surface area contributed by atoms with Crippen LogP contribution in [-0.2, 0) is 7.05 Å². The van der Waals surface area contributed by atoms with Gasteiger partial charge in [0.25, 0.3) is 17.4 Å². The number of para-hydroxylation sites is 1. The zero-order valence-corrected chi connectivity index (χ0v) is 18.8. The number of carbonyl (C=O) groups excluding carboxylic acids is 2. The summed E-state index contributed by atoms with van der Waals surface area (Å²) in [5.41, 5.74) is 1.87. The molecule has 4 aromatic rings. The Bertz CT molecular complexity index is 1370. The summed E-state index contributed by atoms with van der Waals surface area (Å²) in [5.74, 6) is -0.779. The molecule has 0 aliphatic rings. The van der Waals surface area contributed by atoms with Crippen molar-refractivity contribution < 1.29 is 14.0 Å². The smallest absolute Gasteiger partial charge is 0.295 e. The van der Waals surface area contributed by atoms with Gasteiger partial charge in [-0.2, -0.15) is 0 Å². The number of anilines is 2. The van der Waals surface area contributed by atoms with Crippen LogP contribution in [0.5, 0.6) is 0 Å². The summed E-state index contributed by atoms with van der Waals surface area (Å²) in [6.45, 7) is 1.76. The van der Waals surface area contributed by atoms with Gasteiger partial charge in [-0.1, -0.05) is 24.3 Å². The topological polar surface area (TPSA) is 98.3 Å². The number of amides is 2. The molecule has 162 valence electrons. The summed E-state index contributed by atoms with van der Waals surface area (Å²) < 4.78 is 8.85. The van der Waals surface area contributed by atoms with Crippen LogP contribution in [0.2, 0.25) is 0 Å². The Morgan fingerprint density at radius 3 is 2.38 bits per heavy atom. The van der Waals surface area contributed by atoms with E-state index in [0.717, 1.165) is 0 Å². The van der Waals surface area contributed by atoms with Gasteiger partial charge in [-0.05, 0) is 65.3 Å². The number of benzene rings is 2. The zero-order valence-electron chi connectivity index (χ0n) is 17.3. The number of halogens is 1. The van der Waals surface area contributed by atoms with E-state index in [1.54, 1.807) is 42.9 Å². The predicted octanol–water partition coefficient (Wildman–Crippen LogP) is 4.34. The second-order valence-electron chi connectivity index (χ2n) is 7.03. The third-order valence-corrected chi connectivity index (χ3v) is 5.40. The van der Waals surface area contributed by atoms with Crippen molar-refractivity contribution in [3.63, 3.8) is 0 Å². The van der Waals surface area contributed by atoms with Crippen LogP contribution in [0.25, 0.3) is 5.69 Å². The van der Waals surface area contributed by atoms with Crippen LogP contribution in [0.1, 0.15) is 26.6 Å². The predicted molar refractivity (Wildman–Crippen MR) is 125 cm³/mol. The van der Waals surface area contributed by atoms with Crippen LogP contribution in [0.4, 0.5) is 11.4 Å². The number of carbonyl (C=O) groups is 2. The molecule has 2 aromatic carbocycles. The SMILES string of the molecule is Cc1c(NC(=O)c2cccc(NC(=O)c3ccc(Br)o3)c2)c(=O)n(-c2ccccc2)n1C. The molecule has 2 heterocycles. The number of aromatic nitrogens is 2. The van der Waals surface area contributed by atoms with E-state index in [-0.39, 0.29) is 22.6 Å². The average molecular weight is 495 g/mol. The van der Waals surface area contributed by atoms with E-state index < -0.39 is 11.8 Å². The molecular weight excluding hydrogens is 476 g/mol. The highest BCUT2D eigenvalue weighted by Crippen LogP contribution is 2.19. The minimum absolute atomic E-state index is 0.133. The van der Waals surface area contributed by atoms with Gasteiger partial charge in [0.1, 0.15) is 5.69 Å². The molecule has 8 nitrogen and oxygen atoms in total. The van der Waals surface area contributed by atoms with Gasteiger partial charge in [-0.15, -0.1) is 0 Å². The lowest BCUT2D eigenvalue weighted by Gasteiger charge is -2.07. The van der Waals surface area contributed by atoms with Gasteiger partial charge in [0.15, 0.2) is 10.4 Å². The van der Waals surface area contributed by atoms with E-state index >= 15 is 0 Å². The first-order chi connectivity index (χ1) is 15.3. The largest absolute Gasteiger partial charge is 0.444 e. The highest BCUT2D eigenvalue weighted by atomic mass is 79.9. The Kier molecular flexibility index (Phi) is 5.83. The molecule has 0 unspecified atom stereocenters. The molecule has 2 N–H and O–H groups in total. The molecule has 0 spiro atoms. The Morgan fingerprint density at radius 2 is 1.69 bits per heavy atom.